The number of likely N-dealkylation sites (N-methyl/N-ethyl adjacent to an activating group) is 1. The van der Waals surface area contributed by atoms with Crippen molar-refractivity contribution in [2.45, 2.75) is 38.6 Å². The molecule has 1 aromatic rings. The summed E-state index contributed by atoms with van der Waals surface area (Å²) in [6.45, 7) is 8.14. The summed E-state index contributed by atoms with van der Waals surface area (Å²) < 4.78 is 46.0. The average Bonchev–Trinajstić information content (AvgIpc) is 3.19. The van der Waals surface area contributed by atoms with Gasteiger partial charge in [0.05, 0.1) is 7.11 Å². The predicted octanol–water partition coefficient (Wildman–Crippen LogP) is 1.29. The standard InChI is InChI=1S/C21H31N3O6S/c1-21(2,3)20(25)23-8-10-24(11-9-23)31(26,27)19-14-6-7-22(4)12-15(14)16(28-5)17-18(19)30-13-29-17/h6-13H2,1-5H3. The number of fused-ring (bicyclic) bond motifs is 2. The van der Waals surface area contributed by atoms with Gasteiger partial charge >= 0.3 is 0 Å². The van der Waals surface area contributed by atoms with E-state index in [1.54, 1.807) is 12.0 Å². The highest BCUT2D eigenvalue weighted by Crippen LogP contribution is 2.51. The van der Waals surface area contributed by atoms with Gasteiger partial charge in [0.25, 0.3) is 0 Å². The van der Waals surface area contributed by atoms with Gasteiger partial charge in [-0.1, -0.05) is 20.8 Å². The van der Waals surface area contributed by atoms with E-state index < -0.39 is 15.4 Å². The van der Waals surface area contributed by atoms with Crippen molar-refractivity contribution in [2.75, 3.05) is 53.7 Å². The molecule has 3 aliphatic heterocycles. The van der Waals surface area contributed by atoms with Gasteiger partial charge in [0.1, 0.15) is 4.90 Å². The number of piperazine rings is 1. The maximum Gasteiger partial charge on any atom is 0.247 e. The van der Waals surface area contributed by atoms with Gasteiger partial charge in [-0.3, -0.25) is 4.79 Å². The van der Waals surface area contributed by atoms with Crippen molar-refractivity contribution in [1.29, 1.82) is 0 Å². The first kappa shape index (κ1) is 22.2. The van der Waals surface area contributed by atoms with Gasteiger partial charge in [-0.05, 0) is 19.0 Å². The van der Waals surface area contributed by atoms with Crippen molar-refractivity contribution in [3.8, 4) is 17.2 Å². The van der Waals surface area contributed by atoms with Crippen LogP contribution < -0.4 is 14.2 Å². The van der Waals surface area contributed by atoms with E-state index in [0.29, 0.717) is 37.6 Å². The second-order valence-electron chi connectivity index (χ2n) is 9.32. The van der Waals surface area contributed by atoms with Crippen LogP contribution in [0.5, 0.6) is 17.2 Å². The lowest BCUT2D eigenvalue weighted by Crippen LogP contribution is -2.53. The molecule has 0 aliphatic carbocycles. The molecule has 0 bridgehead atoms. The van der Waals surface area contributed by atoms with E-state index in [0.717, 1.165) is 17.7 Å². The molecule has 1 amide bonds. The van der Waals surface area contributed by atoms with Crippen LogP contribution in [-0.4, -0.2) is 82.1 Å². The van der Waals surface area contributed by atoms with E-state index >= 15 is 0 Å². The highest BCUT2D eigenvalue weighted by Gasteiger charge is 2.41. The Morgan fingerprint density at radius 2 is 1.65 bits per heavy atom. The van der Waals surface area contributed by atoms with Gasteiger partial charge in [-0.25, -0.2) is 8.42 Å². The fraction of sp³-hybridized carbons (Fsp3) is 0.667. The van der Waals surface area contributed by atoms with Crippen molar-refractivity contribution in [1.82, 2.24) is 14.1 Å². The number of nitrogens with zero attached hydrogens (tertiary/aromatic N) is 3. The third-order valence-electron chi connectivity index (χ3n) is 6.08. The molecule has 31 heavy (non-hydrogen) atoms. The first-order valence-electron chi connectivity index (χ1n) is 10.5. The molecule has 0 spiro atoms. The van der Waals surface area contributed by atoms with Crippen LogP contribution in [0.2, 0.25) is 0 Å². The van der Waals surface area contributed by atoms with Crippen molar-refractivity contribution in [2.24, 2.45) is 5.41 Å². The molecule has 0 saturated carbocycles. The number of hydrogen-bond acceptors (Lipinski definition) is 7. The number of benzene rings is 1. The first-order valence-corrected chi connectivity index (χ1v) is 12.0. The van der Waals surface area contributed by atoms with E-state index in [2.05, 4.69) is 4.90 Å². The Kier molecular flexibility index (Phi) is 5.60. The summed E-state index contributed by atoms with van der Waals surface area (Å²) in [7, 11) is -0.286. The number of carbonyl (C=O) groups is 1. The summed E-state index contributed by atoms with van der Waals surface area (Å²) in [5.74, 6) is 1.19. The Labute approximate surface area is 183 Å². The Balaban J connectivity index is 1.71. The number of amides is 1. The number of sulfonamides is 1. The smallest absolute Gasteiger partial charge is 0.247 e. The van der Waals surface area contributed by atoms with Crippen molar-refractivity contribution in [3.05, 3.63) is 11.1 Å². The second kappa shape index (κ2) is 7.83. The van der Waals surface area contributed by atoms with Crippen LogP contribution in [0.4, 0.5) is 0 Å². The highest BCUT2D eigenvalue weighted by molar-refractivity contribution is 7.89. The molecular weight excluding hydrogens is 422 g/mol. The maximum atomic E-state index is 13.8. The van der Waals surface area contributed by atoms with Crippen molar-refractivity contribution >= 4 is 15.9 Å². The molecule has 0 aromatic heterocycles. The number of rotatable bonds is 3. The minimum Gasteiger partial charge on any atom is -0.492 e. The van der Waals surface area contributed by atoms with Gasteiger partial charge in [0.15, 0.2) is 11.5 Å². The molecule has 1 saturated heterocycles. The largest absolute Gasteiger partial charge is 0.492 e. The molecule has 1 fully saturated rings. The van der Waals surface area contributed by atoms with Crippen LogP contribution in [0.15, 0.2) is 4.90 Å². The zero-order chi connectivity index (χ0) is 22.6. The molecule has 1 aromatic carbocycles. The van der Waals surface area contributed by atoms with Gasteiger partial charge < -0.3 is 24.0 Å². The SMILES string of the molecule is COc1c2c(c(S(=O)(=O)N3CCN(C(=O)C(C)(C)C)CC3)c3c1OCO3)CCN(C)C2. The summed E-state index contributed by atoms with van der Waals surface area (Å²) in [6, 6.07) is 0. The fourth-order valence-electron chi connectivity index (χ4n) is 4.47. The van der Waals surface area contributed by atoms with Crippen LogP contribution in [0.25, 0.3) is 0 Å². The zero-order valence-corrected chi connectivity index (χ0v) is 19.7. The van der Waals surface area contributed by atoms with Gasteiger partial charge in [-0.15, -0.1) is 0 Å². The van der Waals surface area contributed by atoms with Gasteiger partial charge in [0, 0.05) is 50.2 Å². The monoisotopic (exact) mass is 453 g/mol. The molecule has 9 nitrogen and oxygen atoms in total. The van der Waals surface area contributed by atoms with Crippen LogP contribution in [0, 0.1) is 5.41 Å². The van der Waals surface area contributed by atoms with Crippen LogP contribution >= 0.6 is 0 Å². The summed E-state index contributed by atoms with van der Waals surface area (Å²) in [4.78, 5) is 16.7. The third kappa shape index (κ3) is 3.74. The molecule has 4 rings (SSSR count). The normalized spacial score (nSPS) is 20.0. The van der Waals surface area contributed by atoms with E-state index in [1.807, 2.05) is 27.8 Å². The Morgan fingerprint density at radius 1 is 1.00 bits per heavy atom. The van der Waals surface area contributed by atoms with E-state index in [1.165, 1.54) is 4.31 Å². The minimum absolute atomic E-state index is 0.0343. The topological polar surface area (TPSA) is 88.6 Å². The quantitative estimate of drug-likeness (QED) is 0.681. The van der Waals surface area contributed by atoms with Gasteiger partial charge in [-0.2, -0.15) is 4.31 Å². The maximum absolute atomic E-state index is 13.8. The molecular formula is C21H31N3O6S. The lowest BCUT2D eigenvalue weighted by Gasteiger charge is -2.37. The summed E-state index contributed by atoms with van der Waals surface area (Å²) >= 11 is 0. The number of hydrogen-bond donors (Lipinski definition) is 0. The number of carbonyl (C=O) groups excluding carboxylic acids is 1. The minimum atomic E-state index is -3.84. The van der Waals surface area contributed by atoms with Crippen LogP contribution in [0.3, 0.4) is 0 Å². The Hall–Kier alpha value is -2.04. The van der Waals surface area contributed by atoms with Crippen LogP contribution in [0.1, 0.15) is 31.9 Å². The summed E-state index contributed by atoms with van der Waals surface area (Å²) in [5, 5.41) is 0. The molecule has 3 heterocycles. The predicted molar refractivity (Wildman–Crippen MR) is 114 cm³/mol. The molecule has 0 N–H and O–H groups in total. The van der Waals surface area contributed by atoms with Gasteiger partial charge in [0.2, 0.25) is 28.5 Å². The van der Waals surface area contributed by atoms with E-state index in [9.17, 15) is 13.2 Å². The fourth-order valence-corrected chi connectivity index (χ4v) is 6.30. The average molecular weight is 454 g/mol. The summed E-state index contributed by atoms with van der Waals surface area (Å²) in [6.07, 6.45) is 0.579. The molecule has 0 radical (unpaired) electrons. The highest BCUT2D eigenvalue weighted by atomic mass is 32.2. The number of ether oxygens (including phenoxy) is 3. The molecule has 0 unspecified atom stereocenters. The molecule has 0 atom stereocenters. The zero-order valence-electron chi connectivity index (χ0n) is 18.9. The summed E-state index contributed by atoms with van der Waals surface area (Å²) in [5.41, 5.74) is 1.08. The lowest BCUT2D eigenvalue weighted by molar-refractivity contribution is -0.140. The van der Waals surface area contributed by atoms with Crippen molar-refractivity contribution < 1.29 is 27.4 Å². The first-order chi connectivity index (χ1) is 14.6. The number of methoxy groups -OCH3 is 1. The van der Waals surface area contributed by atoms with Crippen LogP contribution in [-0.2, 0) is 27.8 Å². The molecule has 10 heteroatoms. The van der Waals surface area contributed by atoms with E-state index in [-0.39, 0.29) is 36.4 Å². The lowest BCUT2D eigenvalue weighted by atomic mass is 9.94. The molecule has 3 aliphatic rings. The Bertz CT molecular complexity index is 994. The second-order valence-corrected chi connectivity index (χ2v) is 11.2. The van der Waals surface area contributed by atoms with Crippen molar-refractivity contribution in [3.63, 3.8) is 0 Å². The third-order valence-corrected chi connectivity index (χ3v) is 8.07. The van der Waals surface area contributed by atoms with E-state index in [4.69, 9.17) is 14.2 Å². The Morgan fingerprint density at radius 3 is 2.26 bits per heavy atom. The molecule has 172 valence electrons.